The van der Waals surface area contributed by atoms with Crippen LogP contribution < -0.4 is 10.6 Å². The van der Waals surface area contributed by atoms with E-state index in [9.17, 15) is 14.5 Å². The minimum absolute atomic E-state index is 0.139. The first-order valence-electron chi connectivity index (χ1n) is 13.8. The molecular weight excluding hydrogens is 498 g/mol. The normalized spacial score (nSPS) is 12.8. The summed E-state index contributed by atoms with van der Waals surface area (Å²) < 4.78 is 0. The highest BCUT2D eigenvalue weighted by atomic mass is 16.3. The number of fused-ring (bicyclic) bond motifs is 2. The Labute approximate surface area is 236 Å². The molecule has 0 aromatic heterocycles. The summed E-state index contributed by atoms with van der Waals surface area (Å²) in [4.78, 5) is 38.8. The van der Waals surface area contributed by atoms with Crippen molar-refractivity contribution in [2.24, 2.45) is 5.18 Å². The lowest BCUT2D eigenvalue weighted by atomic mass is 9.90. The van der Waals surface area contributed by atoms with Crippen LogP contribution in [0.2, 0.25) is 0 Å². The fourth-order valence-corrected chi connectivity index (χ4v) is 5.04. The largest absolute Gasteiger partial charge is 0.347 e. The lowest BCUT2D eigenvalue weighted by Crippen LogP contribution is -2.41. The number of nitrogens with one attached hydrogen (secondary N) is 2. The lowest BCUT2D eigenvalue weighted by Gasteiger charge is -2.23. The van der Waals surface area contributed by atoms with E-state index in [0.717, 1.165) is 32.7 Å². The maximum absolute atomic E-state index is 13.4. The fourth-order valence-electron chi connectivity index (χ4n) is 5.04. The standard InChI is InChI=1S/C34H39N3O3/c1-33(2,3)35-31(38)29-21-24-13-8-7-12-23(24)19-25(29)17-18-27(37-40)20-26-16-15-22-11-9-10-14-28(22)30(26)32(39)36-34(4,5)6/h7-16,19,21,27H,17-18,20H2,1-6H3,(H,35,38)(H,36,39). The molecule has 208 valence electrons. The van der Waals surface area contributed by atoms with Gasteiger partial charge in [-0.25, -0.2) is 0 Å². The van der Waals surface area contributed by atoms with E-state index in [1.807, 2.05) is 114 Å². The minimum atomic E-state index is -0.563. The zero-order valence-electron chi connectivity index (χ0n) is 24.3. The van der Waals surface area contributed by atoms with Crippen molar-refractivity contribution in [3.8, 4) is 0 Å². The highest BCUT2D eigenvalue weighted by Gasteiger charge is 2.24. The average molecular weight is 538 g/mol. The monoisotopic (exact) mass is 537 g/mol. The molecule has 0 heterocycles. The Kier molecular flexibility index (Phi) is 8.38. The molecule has 4 aromatic rings. The van der Waals surface area contributed by atoms with Gasteiger partial charge in [-0.3, -0.25) is 9.59 Å². The number of hydrogen-bond acceptors (Lipinski definition) is 4. The maximum atomic E-state index is 13.4. The molecule has 0 radical (unpaired) electrons. The van der Waals surface area contributed by atoms with E-state index in [1.54, 1.807) is 0 Å². The lowest BCUT2D eigenvalue weighted by molar-refractivity contribution is 0.0909. The Balaban J connectivity index is 1.64. The van der Waals surface area contributed by atoms with E-state index in [2.05, 4.69) is 15.8 Å². The van der Waals surface area contributed by atoms with Gasteiger partial charge in [-0.15, -0.1) is 0 Å². The predicted octanol–water partition coefficient (Wildman–Crippen LogP) is 7.36. The van der Waals surface area contributed by atoms with E-state index in [0.29, 0.717) is 30.4 Å². The molecule has 6 nitrogen and oxygen atoms in total. The number of aryl methyl sites for hydroxylation is 1. The Morgan fingerprint density at radius 2 is 1.30 bits per heavy atom. The highest BCUT2D eigenvalue weighted by Crippen LogP contribution is 2.27. The van der Waals surface area contributed by atoms with Crippen LogP contribution in [0.3, 0.4) is 0 Å². The number of carbonyl (C=O) groups excluding carboxylic acids is 2. The molecule has 6 heteroatoms. The third-order valence-corrected chi connectivity index (χ3v) is 6.79. The van der Waals surface area contributed by atoms with Gasteiger partial charge in [0, 0.05) is 16.6 Å². The van der Waals surface area contributed by atoms with Crippen molar-refractivity contribution in [2.45, 2.75) is 77.9 Å². The molecule has 0 fully saturated rings. The van der Waals surface area contributed by atoms with Crippen molar-refractivity contribution in [1.29, 1.82) is 0 Å². The second-order valence-corrected chi connectivity index (χ2v) is 12.6. The van der Waals surface area contributed by atoms with Crippen LogP contribution in [0.5, 0.6) is 0 Å². The van der Waals surface area contributed by atoms with Crippen LogP contribution in [0.15, 0.2) is 78.0 Å². The predicted molar refractivity (Wildman–Crippen MR) is 164 cm³/mol. The Bertz CT molecular complexity index is 1560. The molecule has 0 aliphatic rings. The molecule has 0 bridgehead atoms. The van der Waals surface area contributed by atoms with Gasteiger partial charge in [0.15, 0.2) is 0 Å². The van der Waals surface area contributed by atoms with E-state index in [4.69, 9.17) is 0 Å². The molecule has 0 aliphatic heterocycles. The first-order chi connectivity index (χ1) is 18.8. The average Bonchev–Trinajstić information content (AvgIpc) is 2.88. The highest BCUT2D eigenvalue weighted by molar-refractivity contribution is 6.08. The van der Waals surface area contributed by atoms with Crippen molar-refractivity contribution >= 4 is 33.4 Å². The molecule has 40 heavy (non-hydrogen) atoms. The molecule has 2 amide bonds. The van der Waals surface area contributed by atoms with Crippen molar-refractivity contribution < 1.29 is 9.59 Å². The smallest absolute Gasteiger partial charge is 0.252 e. The van der Waals surface area contributed by atoms with Gasteiger partial charge in [0.2, 0.25) is 0 Å². The summed E-state index contributed by atoms with van der Waals surface area (Å²) in [5.74, 6) is -0.306. The van der Waals surface area contributed by atoms with Gasteiger partial charge in [0.25, 0.3) is 11.8 Å². The number of hydrogen-bond donors (Lipinski definition) is 2. The molecule has 2 N–H and O–H groups in total. The number of nitrogens with zero attached hydrogens (tertiary/aromatic N) is 1. The number of rotatable bonds is 8. The van der Waals surface area contributed by atoms with E-state index < -0.39 is 11.6 Å². The van der Waals surface area contributed by atoms with Gasteiger partial charge in [-0.1, -0.05) is 71.9 Å². The third kappa shape index (κ3) is 7.12. The molecule has 4 aromatic carbocycles. The van der Waals surface area contributed by atoms with Crippen molar-refractivity contribution in [3.05, 3.63) is 100.0 Å². The second-order valence-electron chi connectivity index (χ2n) is 12.6. The quantitative estimate of drug-likeness (QED) is 0.230. The Hall–Kier alpha value is -4.06. The number of carbonyl (C=O) groups is 2. The van der Waals surface area contributed by atoms with Crippen LogP contribution in [0.25, 0.3) is 21.5 Å². The summed E-state index contributed by atoms with van der Waals surface area (Å²) in [7, 11) is 0. The van der Waals surface area contributed by atoms with E-state index >= 15 is 0 Å². The number of amides is 2. The molecule has 0 spiro atoms. The first kappa shape index (κ1) is 28.9. The summed E-state index contributed by atoms with van der Waals surface area (Å²) in [6.07, 6.45) is 1.29. The van der Waals surface area contributed by atoms with Crippen LogP contribution in [0.1, 0.15) is 79.8 Å². The zero-order valence-corrected chi connectivity index (χ0v) is 24.3. The van der Waals surface area contributed by atoms with Crippen LogP contribution in [-0.4, -0.2) is 28.9 Å². The van der Waals surface area contributed by atoms with Crippen LogP contribution in [0, 0.1) is 4.91 Å². The van der Waals surface area contributed by atoms with Crippen LogP contribution >= 0.6 is 0 Å². The number of benzene rings is 4. The molecule has 1 unspecified atom stereocenters. The summed E-state index contributed by atoms with van der Waals surface area (Å²) in [5.41, 5.74) is 2.06. The maximum Gasteiger partial charge on any atom is 0.252 e. The van der Waals surface area contributed by atoms with Gasteiger partial charge in [0.05, 0.1) is 11.6 Å². The topological polar surface area (TPSA) is 87.6 Å². The van der Waals surface area contributed by atoms with Crippen LogP contribution in [-0.2, 0) is 12.8 Å². The minimum Gasteiger partial charge on any atom is -0.347 e. The van der Waals surface area contributed by atoms with E-state index in [-0.39, 0.29) is 17.4 Å². The zero-order chi connectivity index (χ0) is 29.1. The first-order valence-corrected chi connectivity index (χ1v) is 13.8. The fraction of sp³-hybridized carbons (Fsp3) is 0.353. The summed E-state index contributed by atoms with van der Waals surface area (Å²) in [6, 6.07) is 23.0. The second kappa shape index (κ2) is 11.6. The van der Waals surface area contributed by atoms with Gasteiger partial charge in [-0.05, 0) is 99.5 Å². The summed E-state index contributed by atoms with van der Waals surface area (Å²) >= 11 is 0. The van der Waals surface area contributed by atoms with E-state index in [1.165, 1.54) is 0 Å². The molecule has 1 atom stereocenters. The SMILES string of the molecule is CC(C)(C)NC(=O)c1cc2ccccc2cc1CCC(Cc1ccc2ccccc2c1C(=O)NC(C)(C)C)N=O. The van der Waals surface area contributed by atoms with Crippen LogP contribution in [0.4, 0.5) is 0 Å². The van der Waals surface area contributed by atoms with Crippen molar-refractivity contribution in [2.75, 3.05) is 0 Å². The Morgan fingerprint density at radius 3 is 1.93 bits per heavy atom. The molecule has 0 saturated carbocycles. The Morgan fingerprint density at radius 1 is 0.725 bits per heavy atom. The van der Waals surface area contributed by atoms with Gasteiger partial charge < -0.3 is 10.6 Å². The molecule has 0 saturated heterocycles. The molecule has 4 rings (SSSR count). The molecule has 0 aliphatic carbocycles. The summed E-state index contributed by atoms with van der Waals surface area (Å²) in [6.45, 7) is 11.7. The number of nitroso groups, excluding NO2 is 1. The van der Waals surface area contributed by atoms with Gasteiger partial charge in [0.1, 0.15) is 0 Å². The summed E-state index contributed by atoms with van der Waals surface area (Å²) in [5, 5.41) is 13.5. The van der Waals surface area contributed by atoms with Crippen molar-refractivity contribution in [3.63, 3.8) is 0 Å². The molecular formula is C34H39N3O3. The van der Waals surface area contributed by atoms with Crippen molar-refractivity contribution in [1.82, 2.24) is 10.6 Å². The van der Waals surface area contributed by atoms with Gasteiger partial charge >= 0.3 is 0 Å². The third-order valence-electron chi connectivity index (χ3n) is 6.79. The van der Waals surface area contributed by atoms with Gasteiger partial charge in [-0.2, -0.15) is 4.91 Å².